The van der Waals surface area contributed by atoms with Gasteiger partial charge in [-0.3, -0.25) is 52.7 Å². The summed E-state index contributed by atoms with van der Waals surface area (Å²) in [5.74, 6) is -11.1. The van der Waals surface area contributed by atoms with Gasteiger partial charge in [-0.2, -0.15) is 0 Å². The van der Waals surface area contributed by atoms with Crippen molar-refractivity contribution in [3.8, 4) is 5.75 Å². The molecule has 9 atom stereocenters. The Balaban J connectivity index is 2.05. The fourth-order valence-corrected chi connectivity index (χ4v) is 9.61. The summed E-state index contributed by atoms with van der Waals surface area (Å²) in [6.07, 6.45) is -0.798. The molecule has 3 unspecified atom stereocenters. The number of aliphatic carboxylic acids is 1. The number of phenols is 1. The van der Waals surface area contributed by atoms with Crippen LogP contribution in [0.5, 0.6) is 5.75 Å². The number of nitrogens with two attached hydrogens (primary N) is 3. The number of carbonyl (C=O) groups is 11. The summed E-state index contributed by atoms with van der Waals surface area (Å²) in [5, 5.41) is 36.6. The topological polar surface area (TPSA) is 394 Å². The summed E-state index contributed by atoms with van der Waals surface area (Å²) in [6.45, 7) is 6.31. The SMILES string of the molecule is CC[C@H](C)[C@@H]1NC(=O)C(Cc2ccc(O)cc2)NC(=O)[C@@H](N)CSSCC(C(=O)N2CCC[C@H]2C(=O)N[C@@H](CC(C)C)C(=O)NCC(=O)O)NC(=O)C(CC(N)=O)NC(=O)[C@H](CCC(N)=O)NC1=O. The van der Waals surface area contributed by atoms with Crippen LogP contribution in [0.3, 0.4) is 0 Å². The van der Waals surface area contributed by atoms with Crippen molar-refractivity contribution in [1.82, 2.24) is 42.1 Å². The number of carboxylic acid groups (broad SMARTS) is 1. The molecule has 10 amide bonds. The van der Waals surface area contributed by atoms with E-state index in [4.69, 9.17) is 22.3 Å². The number of rotatable bonds is 17. The lowest BCUT2D eigenvalue weighted by Crippen LogP contribution is -2.61. The van der Waals surface area contributed by atoms with Crippen LogP contribution in [-0.4, -0.2) is 153 Å². The lowest BCUT2D eigenvalue weighted by atomic mass is 9.96. The van der Waals surface area contributed by atoms with Gasteiger partial charge in [0.15, 0.2) is 0 Å². The van der Waals surface area contributed by atoms with Gasteiger partial charge in [0.05, 0.1) is 12.5 Å². The molecule has 24 nitrogen and oxygen atoms in total. The summed E-state index contributed by atoms with van der Waals surface area (Å²) < 4.78 is 0. The van der Waals surface area contributed by atoms with E-state index in [-0.39, 0.29) is 49.0 Å². The number of amides is 10. The Bertz CT molecular complexity index is 2050. The van der Waals surface area contributed by atoms with Crippen molar-refractivity contribution in [3.05, 3.63) is 29.8 Å². The molecule has 382 valence electrons. The number of aromatic hydroxyl groups is 1. The highest BCUT2D eigenvalue weighted by molar-refractivity contribution is 8.76. The molecule has 0 saturated carbocycles. The van der Waals surface area contributed by atoms with Gasteiger partial charge in [0, 0.05) is 30.9 Å². The van der Waals surface area contributed by atoms with Crippen molar-refractivity contribution in [1.29, 1.82) is 0 Å². The van der Waals surface area contributed by atoms with Gasteiger partial charge < -0.3 is 69.5 Å². The maximum Gasteiger partial charge on any atom is 0.322 e. The van der Waals surface area contributed by atoms with Crippen LogP contribution in [0.1, 0.15) is 78.2 Å². The van der Waals surface area contributed by atoms with Gasteiger partial charge in [0.1, 0.15) is 54.6 Å². The van der Waals surface area contributed by atoms with E-state index in [0.29, 0.717) is 18.4 Å². The molecule has 2 aliphatic heterocycles. The monoisotopic (exact) mass is 1010 g/mol. The van der Waals surface area contributed by atoms with Gasteiger partial charge in [0.25, 0.3) is 0 Å². The van der Waals surface area contributed by atoms with Crippen molar-refractivity contribution < 1.29 is 63.0 Å². The molecule has 0 spiro atoms. The first-order valence-corrected chi connectivity index (χ1v) is 25.0. The second-order valence-corrected chi connectivity index (χ2v) is 19.9. The van der Waals surface area contributed by atoms with E-state index in [9.17, 15) is 57.8 Å². The average molecular weight is 1010 g/mol. The fourth-order valence-electron chi connectivity index (χ4n) is 7.33. The molecule has 1 aromatic carbocycles. The second kappa shape index (κ2) is 27.7. The molecule has 1 aromatic rings. The smallest absolute Gasteiger partial charge is 0.322 e. The maximum atomic E-state index is 14.5. The van der Waals surface area contributed by atoms with E-state index in [1.54, 1.807) is 27.7 Å². The predicted molar refractivity (Wildman–Crippen MR) is 253 cm³/mol. The van der Waals surface area contributed by atoms with Crippen LogP contribution in [0.2, 0.25) is 0 Å². The van der Waals surface area contributed by atoms with Gasteiger partial charge in [-0.25, -0.2) is 0 Å². The summed E-state index contributed by atoms with van der Waals surface area (Å²) >= 11 is 0. The zero-order valence-corrected chi connectivity index (χ0v) is 40.6. The molecule has 69 heavy (non-hydrogen) atoms. The van der Waals surface area contributed by atoms with Gasteiger partial charge in [-0.1, -0.05) is 67.8 Å². The standard InChI is InChI=1S/C43H65N11O13S2/c1-5-22(4)35-42(66)48-26(12-13-32(45)56)38(62)50-29(17-33(46)57)39(63)52-30(20-69-68-19-25(44)36(60)49-28(40(64)53-35)16-23-8-10-24(55)11-9-23)43(67)54-14-6-7-31(54)41(65)51-27(15-21(2)3)37(61)47-18-34(58)59/h8-11,21-22,25-31,35,55H,5-7,12-20,44H2,1-4H3,(H2,45,56)(H2,46,57)(H,47,61)(H,48,66)(H,49,60)(H,50,62)(H,51,65)(H,52,63)(H,53,64)(H,58,59)/t22-,25-,26-,27-,28?,29?,30?,31-,35-/m0/s1. The molecule has 2 saturated heterocycles. The first-order chi connectivity index (χ1) is 32.5. The number of carboxylic acids is 1. The van der Waals surface area contributed by atoms with Crippen molar-refractivity contribution in [2.75, 3.05) is 24.6 Å². The highest BCUT2D eigenvalue weighted by atomic mass is 33.1. The third-order valence-corrected chi connectivity index (χ3v) is 13.7. The third kappa shape index (κ3) is 18.7. The number of nitrogens with one attached hydrogen (secondary N) is 7. The molecule has 0 bridgehead atoms. The van der Waals surface area contributed by atoms with E-state index >= 15 is 0 Å². The summed E-state index contributed by atoms with van der Waals surface area (Å²) in [6, 6.07) is -5.19. The van der Waals surface area contributed by atoms with Crippen molar-refractivity contribution in [2.45, 2.75) is 127 Å². The molecule has 0 aliphatic carbocycles. The first kappa shape index (κ1) is 57.2. The van der Waals surface area contributed by atoms with Crippen LogP contribution in [0.4, 0.5) is 0 Å². The minimum atomic E-state index is -1.76. The minimum absolute atomic E-state index is 0.0332. The predicted octanol–water partition coefficient (Wildman–Crippen LogP) is -3.01. The van der Waals surface area contributed by atoms with Crippen LogP contribution >= 0.6 is 21.6 Å². The number of carbonyl (C=O) groups excluding carboxylic acids is 10. The van der Waals surface area contributed by atoms with E-state index in [1.165, 1.54) is 29.2 Å². The van der Waals surface area contributed by atoms with Crippen LogP contribution in [0.25, 0.3) is 0 Å². The zero-order chi connectivity index (χ0) is 51.5. The van der Waals surface area contributed by atoms with E-state index in [2.05, 4.69) is 37.2 Å². The van der Waals surface area contributed by atoms with E-state index in [1.807, 2.05) is 0 Å². The average Bonchev–Trinajstić information content (AvgIpc) is 3.78. The molecule has 26 heteroatoms. The molecular formula is C43H65N11O13S2. The molecule has 3 rings (SSSR count). The molecule has 2 fully saturated rings. The Morgan fingerprint density at radius 2 is 1.42 bits per heavy atom. The van der Waals surface area contributed by atoms with Crippen LogP contribution in [0, 0.1) is 11.8 Å². The van der Waals surface area contributed by atoms with Crippen molar-refractivity contribution in [2.24, 2.45) is 29.0 Å². The zero-order valence-electron chi connectivity index (χ0n) is 38.9. The Morgan fingerprint density at radius 3 is 2.03 bits per heavy atom. The van der Waals surface area contributed by atoms with Crippen LogP contribution < -0.4 is 54.4 Å². The number of benzene rings is 1. The Hall–Kier alpha value is -6.15. The number of hydrogen-bond acceptors (Lipinski definition) is 15. The molecule has 0 aromatic heterocycles. The first-order valence-electron chi connectivity index (χ1n) is 22.5. The third-order valence-electron chi connectivity index (χ3n) is 11.3. The van der Waals surface area contributed by atoms with Gasteiger partial charge in [-0.15, -0.1) is 0 Å². The van der Waals surface area contributed by atoms with Gasteiger partial charge in [-0.05, 0) is 55.2 Å². The van der Waals surface area contributed by atoms with Crippen LogP contribution in [0.15, 0.2) is 24.3 Å². The Morgan fingerprint density at radius 1 is 0.812 bits per heavy atom. The second-order valence-electron chi connectivity index (χ2n) is 17.3. The molecule has 0 radical (unpaired) electrons. The Labute approximate surface area is 407 Å². The quantitative estimate of drug-likeness (QED) is 0.0692. The lowest BCUT2D eigenvalue weighted by molar-refractivity contribution is -0.142. The Kier molecular flexibility index (Phi) is 23.0. The van der Waals surface area contributed by atoms with Gasteiger partial charge in [0.2, 0.25) is 59.1 Å². The van der Waals surface area contributed by atoms with Gasteiger partial charge >= 0.3 is 5.97 Å². The fraction of sp³-hybridized carbons (Fsp3) is 0.605. The normalized spacial score (nSPS) is 24.3. The van der Waals surface area contributed by atoms with E-state index in [0.717, 1.165) is 21.6 Å². The number of hydrogen-bond donors (Lipinski definition) is 12. The number of primary amides is 2. The van der Waals surface area contributed by atoms with E-state index < -0.39 is 145 Å². The molecule has 2 aliphatic rings. The van der Waals surface area contributed by atoms with Crippen LogP contribution in [-0.2, 0) is 59.2 Å². The molecule has 2 heterocycles. The number of likely N-dealkylation sites (tertiary alicyclic amines) is 1. The highest BCUT2D eigenvalue weighted by Crippen LogP contribution is 2.26. The summed E-state index contributed by atoms with van der Waals surface area (Å²) in [5.41, 5.74) is 17.7. The highest BCUT2D eigenvalue weighted by Gasteiger charge is 2.41. The number of phenolic OH excluding ortho intramolecular Hbond substituents is 1. The number of nitrogens with zero attached hydrogens (tertiary/aromatic N) is 1. The van der Waals surface area contributed by atoms with Crippen molar-refractivity contribution >= 4 is 86.6 Å². The maximum absolute atomic E-state index is 14.5. The largest absolute Gasteiger partial charge is 0.508 e. The minimum Gasteiger partial charge on any atom is -0.508 e. The summed E-state index contributed by atoms with van der Waals surface area (Å²) in [7, 11) is 2.03. The lowest BCUT2D eigenvalue weighted by Gasteiger charge is -2.31. The molecular weight excluding hydrogens is 943 g/mol. The van der Waals surface area contributed by atoms with Crippen molar-refractivity contribution in [3.63, 3.8) is 0 Å². The molecule has 15 N–H and O–H groups in total. The summed E-state index contributed by atoms with van der Waals surface area (Å²) in [4.78, 5) is 148.